The highest BCUT2D eigenvalue weighted by Gasteiger charge is 2.37. The van der Waals surface area contributed by atoms with Crippen molar-refractivity contribution in [3.05, 3.63) is 199 Å². The van der Waals surface area contributed by atoms with E-state index in [1.54, 1.807) is 121 Å². The van der Waals surface area contributed by atoms with Gasteiger partial charge in [-0.1, -0.05) is 110 Å². The molecule has 0 saturated carbocycles. The second-order valence-corrected chi connectivity index (χ2v) is 32.1. The van der Waals surface area contributed by atoms with Crippen LogP contribution in [-0.4, -0.2) is 102 Å². The van der Waals surface area contributed by atoms with Crippen LogP contribution in [0, 0.1) is 10.8 Å². The number of nitrogen functional groups attached to an aromatic ring is 1. The minimum absolute atomic E-state index is 0.0210. The zero-order chi connectivity index (χ0) is 73.5. The molecule has 6 aromatic heterocycles. The van der Waals surface area contributed by atoms with Crippen LogP contribution in [-0.2, 0) is 14.4 Å². The van der Waals surface area contributed by atoms with Gasteiger partial charge in [-0.2, -0.15) is 15.3 Å². The number of hydrogen-bond donors (Lipinski definition) is 5. The summed E-state index contributed by atoms with van der Waals surface area (Å²) in [5, 5.41) is 18.7. The Morgan fingerprint density at radius 2 is 0.899 bits per heavy atom. The van der Waals surface area contributed by atoms with Gasteiger partial charge in [0.2, 0.25) is 11.8 Å². The van der Waals surface area contributed by atoms with Crippen molar-refractivity contribution in [3.8, 4) is 17.5 Å². The fraction of sp³-hybridized carbons (Fsp3) is 0.190. The molecule has 4 amide bonds. The molecule has 0 aliphatic carbocycles. The van der Waals surface area contributed by atoms with Crippen molar-refractivity contribution in [1.29, 1.82) is 0 Å². The van der Waals surface area contributed by atoms with Gasteiger partial charge in [0, 0.05) is 93.2 Å². The van der Waals surface area contributed by atoms with E-state index in [-0.39, 0.29) is 70.8 Å². The summed E-state index contributed by atoms with van der Waals surface area (Å²) in [6.07, 6.45) is 4.72. The molecule has 0 saturated heterocycles. The quantitative estimate of drug-likeness (QED) is 0.0321. The molecule has 9 aromatic rings. The first-order valence-electron chi connectivity index (χ1n) is 28.1. The van der Waals surface area contributed by atoms with E-state index in [0.717, 1.165) is 8.95 Å². The fourth-order valence-corrected chi connectivity index (χ4v) is 14.5. The smallest absolute Gasteiger partial charge is 0.274 e. The summed E-state index contributed by atoms with van der Waals surface area (Å²) in [6, 6.07) is 24.9. The maximum absolute atomic E-state index is 13.3. The van der Waals surface area contributed by atoms with Gasteiger partial charge in [0.1, 0.15) is 36.4 Å². The SMILES string of the molecule is CC(C)(CC(=O)c1cc(Br)cc(Br)c1N)C(N)=O.CC(C)(CC(=O)c1cc(Br)cc(Br)c1NC(=O)c1cc(Br)nn1-c1ncccc1Cl)C(N)=O.CC1(C)N=C(c2cc(Br)cc(Br)c2NC(=O)c2cc(Br)nn2-c2ncccc2Cl)CC1=O.O=C(Cl)c1cc(Br)nn1-c1ncccc1Cl. The van der Waals surface area contributed by atoms with Crippen molar-refractivity contribution in [1.82, 2.24) is 44.3 Å². The van der Waals surface area contributed by atoms with Gasteiger partial charge < -0.3 is 27.8 Å². The predicted molar refractivity (Wildman–Crippen MR) is 412 cm³/mol. The molecule has 99 heavy (non-hydrogen) atoms. The van der Waals surface area contributed by atoms with Gasteiger partial charge in [-0.15, -0.1) is 0 Å². The molecule has 8 N–H and O–H groups in total. The number of nitrogens with one attached hydrogen (secondary N) is 2. The van der Waals surface area contributed by atoms with Crippen LogP contribution in [0.4, 0.5) is 17.1 Å². The zero-order valence-corrected chi connectivity index (χ0v) is 69.2. The standard InChI is InChI=1S/C21H17Br3ClN5O3.C21H15Br3ClN5O2.C12H14Br2N2O2.C9H4BrCl2N3O/c1-21(2,20(26)33)9-15(31)11-6-10(22)7-12(23)17(11)28-19(32)14-8-16(24)29-30(14)18-13(25)4-3-5-27-18;1-21(2)16(31)8-14(28-21)11-6-10(22)7-12(23)18(11)27-20(32)15-9-17(24)29-30(15)19-13(25)4-3-5-26-19;1-12(2,11(16)18)5-9(17)7-3-6(13)4-8(14)10(7)15;10-7-4-6(8(12)16)15(14-7)9-5(11)2-1-3-13-9/h3-8H,9H2,1-2H3,(H2,26,33)(H,28,32);3-7,9H,8H2,1-2H3,(H,27,32);3-4H,5,15H2,1-2H3,(H2,16,18);1-4H. The largest absolute Gasteiger partial charge is 0.397 e. The van der Waals surface area contributed by atoms with Crippen molar-refractivity contribution in [3.63, 3.8) is 0 Å². The highest BCUT2D eigenvalue weighted by atomic mass is 79.9. The molecule has 36 heteroatoms. The molecule has 0 fully saturated rings. The number of anilines is 3. The lowest BCUT2D eigenvalue weighted by atomic mass is 9.84. The summed E-state index contributed by atoms with van der Waals surface area (Å²) >= 11 is 54.0. The Bertz CT molecular complexity index is 4780. The van der Waals surface area contributed by atoms with Gasteiger partial charge in [0.05, 0.1) is 55.1 Å². The first-order valence-corrected chi connectivity index (χ1v) is 36.8. The van der Waals surface area contributed by atoms with Crippen molar-refractivity contribution in [2.75, 3.05) is 16.4 Å². The van der Waals surface area contributed by atoms with Crippen LogP contribution in [0.3, 0.4) is 0 Å². The molecular formula is C63H50Br9Cl4N15O8. The highest BCUT2D eigenvalue weighted by molar-refractivity contribution is 9.12. The number of nitrogens with zero attached hydrogens (tertiary/aromatic N) is 10. The van der Waals surface area contributed by atoms with E-state index in [9.17, 15) is 38.4 Å². The number of Topliss-reactive ketones (excluding diaryl/α,β-unsaturated/α-hetero) is 3. The van der Waals surface area contributed by atoms with Crippen LogP contribution in [0.15, 0.2) is 155 Å². The Labute approximate surface area is 660 Å². The van der Waals surface area contributed by atoms with E-state index < -0.39 is 45.2 Å². The predicted octanol–water partition coefficient (Wildman–Crippen LogP) is 17.5. The van der Waals surface area contributed by atoms with Gasteiger partial charge in [-0.3, -0.25) is 43.3 Å². The average molecular weight is 2010 g/mol. The molecule has 7 heterocycles. The minimum Gasteiger partial charge on any atom is -0.397 e. The summed E-state index contributed by atoms with van der Waals surface area (Å²) in [5.74, 6) is -1.69. The molecule has 10 rings (SSSR count). The number of carbonyl (C=O) groups is 8. The lowest BCUT2D eigenvalue weighted by molar-refractivity contribution is -0.126. The number of carbonyl (C=O) groups excluding carboxylic acids is 8. The van der Waals surface area contributed by atoms with Gasteiger partial charge in [0.15, 0.2) is 34.8 Å². The first-order chi connectivity index (χ1) is 46.2. The number of benzene rings is 3. The number of ketones is 3. The number of aromatic nitrogens is 9. The molecular weight excluding hydrogens is 1960 g/mol. The summed E-state index contributed by atoms with van der Waals surface area (Å²) in [6.45, 7) is 10.0. The summed E-state index contributed by atoms with van der Waals surface area (Å²) in [7, 11) is 0. The van der Waals surface area contributed by atoms with Crippen molar-refractivity contribution < 1.29 is 38.4 Å². The van der Waals surface area contributed by atoms with Gasteiger partial charge in [-0.05, 0) is 194 Å². The van der Waals surface area contributed by atoms with Gasteiger partial charge in [-0.25, -0.2) is 29.0 Å². The van der Waals surface area contributed by atoms with E-state index in [4.69, 9.17) is 63.6 Å². The lowest BCUT2D eigenvalue weighted by Gasteiger charge is -2.21. The van der Waals surface area contributed by atoms with E-state index in [2.05, 4.69) is 189 Å². The lowest BCUT2D eigenvalue weighted by Crippen LogP contribution is -2.33. The summed E-state index contributed by atoms with van der Waals surface area (Å²) in [5.41, 5.74) is 17.3. The molecule has 0 spiro atoms. The molecule has 0 unspecified atom stereocenters. The first kappa shape index (κ1) is 80.6. The Morgan fingerprint density at radius 1 is 0.535 bits per heavy atom. The third kappa shape index (κ3) is 20.3. The van der Waals surface area contributed by atoms with Gasteiger partial charge in [0.25, 0.3) is 17.1 Å². The molecule has 516 valence electrons. The van der Waals surface area contributed by atoms with Crippen LogP contribution in [0.1, 0.15) is 119 Å². The number of hydrogen-bond acceptors (Lipinski definition) is 16. The monoisotopic (exact) mass is 1990 g/mol. The molecule has 23 nitrogen and oxygen atoms in total. The average Bonchev–Trinajstić information content (AvgIpc) is 1.80. The molecule has 1 aliphatic heterocycles. The van der Waals surface area contributed by atoms with E-state index in [1.165, 1.54) is 32.4 Å². The minimum atomic E-state index is -1.06. The molecule has 0 radical (unpaired) electrons. The topological polar surface area (TPSA) is 343 Å². The molecule has 0 atom stereocenters. The third-order valence-electron chi connectivity index (χ3n) is 14.1. The Morgan fingerprint density at radius 3 is 1.29 bits per heavy atom. The van der Waals surface area contributed by atoms with E-state index >= 15 is 0 Å². The number of halogens is 13. The Hall–Kier alpha value is -5.75. The maximum Gasteiger partial charge on any atom is 0.274 e. The van der Waals surface area contributed by atoms with Gasteiger partial charge >= 0.3 is 0 Å². The van der Waals surface area contributed by atoms with Crippen LogP contribution in [0.2, 0.25) is 15.1 Å². The van der Waals surface area contributed by atoms with Crippen LogP contribution in [0.5, 0.6) is 0 Å². The number of rotatable bonds is 17. The third-order valence-corrected chi connectivity index (χ3v) is 19.6. The maximum atomic E-state index is 13.3. The normalized spacial score (nSPS) is 12.4. The Kier molecular flexibility index (Phi) is 27.7. The highest BCUT2D eigenvalue weighted by Crippen LogP contribution is 2.39. The van der Waals surface area contributed by atoms with Crippen molar-refractivity contribution in [2.45, 2.75) is 66.3 Å². The van der Waals surface area contributed by atoms with Crippen molar-refractivity contribution >= 4 is 259 Å². The Balaban J connectivity index is 0.000000194. The fourth-order valence-electron chi connectivity index (χ4n) is 8.75. The summed E-state index contributed by atoms with van der Waals surface area (Å²) in [4.78, 5) is 115. The van der Waals surface area contributed by atoms with E-state index in [0.29, 0.717) is 86.6 Å². The zero-order valence-electron chi connectivity index (χ0n) is 51.9. The van der Waals surface area contributed by atoms with Crippen molar-refractivity contribution in [2.24, 2.45) is 27.3 Å². The number of pyridine rings is 3. The molecule has 0 bridgehead atoms. The molecule has 1 aliphatic rings. The molecule has 3 aromatic carbocycles. The number of primary amides is 2. The number of nitrogens with two attached hydrogens (primary N) is 3. The number of aliphatic imine (C=N–C) groups is 1. The van der Waals surface area contributed by atoms with Crippen LogP contribution >= 0.6 is 190 Å². The van der Waals surface area contributed by atoms with E-state index in [1.807, 2.05) is 12.1 Å². The van der Waals surface area contributed by atoms with Crippen LogP contribution in [0.25, 0.3) is 17.5 Å². The number of amides is 4. The summed E-state index contributed by atoms with van der Waals surface area (Å²) < 4.78 is 9.16. The second kappa shape index (κ2) is 34.0. The van der Waals surface area contributed by atoms with Crippen LogP contribution < -0.4 is 27.8 Å². The second-order valence-electron chi connectivity index (χ2n) is 22.8.